The van der Waals surface area contributed by atoms with Crippen molar-refractivity contribution in [2.24, 2.45) is 0 Å². The number of aromatic carboxylic acids is 1. The van der Waals surface area contributed by atoms with Crippen molar-refractivity contribution in [2.45, 2.75) is 38.8 Å². The Morgan fingerprint density at radius 1 is 1.17 bits per heavy atom. The number of aliphatic hydroxyl groups excluding tert-OH is 1. The summed E-state index contributed by atoms with van der Waals surface area (Å²) in [5.41, 5.74) is 5.53. The zero-order valence-electron chi connectivity index (χ0n) is 13.2. The Balaban J connectivity index is 1.98. The number of fused-ring (bicyclic) bond motifs is 1. The highest BCUT2D eigenvalue weighted by Crippen LogP contribution is 2.45. The van der Waals surface area contributed by atoms with Crippen LogP contribution in [0.3, 0.4) is 0 Å². The van der Waals surface area contributed by atoms with Crippen LogP contribution in [0.15, 0.2) is 30.3 Å². The second-order valence-electron chi connectivity index (χ2n) is 6.44. The number of hydrogen-bond donors (Lipinski definition) is 2. The third-order valence-electron chi connectivity index (χ3n) is 4.99. The molecule has 0 amide bonds. The van der Waals surface area contributed by atoms with E-state index in [1.807, 2.05) is 38.1 Å². The Morgan fingerprint density at radius 3 is 2.52 bits per heavy atom. The number of hydrogen-bond acceptors (Lipinski definition) is 2. The van der Waals surface area contributed by atoms with E-state index in [0.29, 0.717) is 11.6 Å². The molecular weight excluding hydrogens is 290 g/mol. The van der Waals surface area contributed by atoms with Crippen LogP contribution in [0.1, 0.15) is 63.4 Å². The first-order valence-corrected chi connectivity index (χ1v) is 7.95. The molecule has 4 rings (SSSR count). The first kappa shape index (κ1) is 14.3. The Bertz CT molecular complexity index is 856. The van der Waals surface area contributed by atoms with E-state index in [0.717, 1.165) is 46.5 Å². The van der Waals surface area contributed by atoms with Crippen molar-refractivity contribution in [1.29, 1.82) is 0 Å². The normalized spacial score (nSPS) is 19.6. The summed E-state index contributed by atoms with van der Waals surface area (Å²) in [6, 6.07) is 8.08. The molecule has 1 heterocycles. The summed E-state index contributed by atoms with van der Waals surface area (Å²) in [4.78, 5) is 11.9. The fourth-order valence-corrected chi connectivity index (χ4v) is 3.88. The van der Waals surface area contributed by atoms with E-state index in [2.05, 4.69) is 4.57 Å². The molecule has 2 aliphatic rings. The highest BCUT2D eigenvalue weighted by atomic mass is 16.4. The van der Waals surface area contributed by atoms with Gasteiger partial charge >= 0.3 is 5.97 Å². The van der Waals surface area contributed by atoms with Crippen LogP contribution < -0.4 is 0 Å². The molecule has 2 N–H and O–H groups in total. The highest BCUT2D eigenvalue weighted by molar-refractivity contribution is 6.00. The van der Waals surface area contributed by atoms with Crippen LogP contribution >= 0.6 is 0 Å². The predicted molar refractivity (Wildman–Crippen MR) is 87.6 cm³/mol. The van der Waals surface area contributed by atoms with Crippen LogP contribution in [0, 0.1) is 13.8 Å². The van der Waals surface area contributed by atoms with Crippen molar-refractivity contribution < 1.29 is 15.0 Å². The quantitative estimate of drug-likeness (QED) is 0.910. The molecule has 1 unspecified atom stereocenters. The lowest BCUT2D eigenvalue weighted by Gasteiger charge is -2.09. The average Bonchev–Trinajstić information content (AvgIpc) is 3.24. The lowest BCUT2D eigenvalue weighted by molar-refractivity contribution is 0.0695. The number of nitrogens with zero attached hydrogens (tertiary/aromatic N) is 1. The van der Waals surface area contributed by atoms with Gasteiger partial charge in [-0.15, -0.1) is 0 Å². The van der Waals surface area contributed by atoms with Crippen molar-refractivity contribution in [3.63, 3.8) is 0 Å². The van der Waals surface area contributed by atoms with E-state index in [1.165, 1.54) is 0 Å². The van der Waals surface area contributed by atoms with E-state index in [1.54, 1.807) is 6.08 Å². The number of carboxylic acid groups (broad SMARTS) is 1. The van der Waals surface area contributed by atoms with Crippen molar-refractivity contribution in [1.82, 2.24) is 4.57 Å². The maximum atomic E-state index is 11.9. The molecule has 23 heavy (non-hydrogen) atoms. The van der Waals surface area contributed by atoms with Crippen LogP contribution in [-0.2, 0) is 0 Å². The first-order chi connectivity index (χ1) is 11.0. The SMILES string of the molecule is Cc1c(C(=O)O)c(C2=CC(O)c3ccccc32)c(C)n1C1CC1. The largest absolute Gasteiger partial charge is 0.478 e. The van der Waals surface area contributed by atoms with Gasteiger partial charge < -0.3 is 14.8 Å². The molecule has 118 valence electrons. The molecule has 0 spiro atoms. The number of rotatable bonds is 3. The summed E-state index contributed by atoms with van der Waals surface area (Å²) in [5.74, 6) is -0.903. The van der Waals surface area contributed by atoms with Gasteiger partial charge in [0.15, 0.2) is 0 Å². The summed E-state index contributed by atoms with van der Waals surface area (Å²) in [6.45, 7) is 3.87. The van der Waals surface area contributed by atoms with E-state index >= 15 is 0 Å². The number of carboxylic acids is 1. The van der Waals surface area contributed by atoms with Gasteiger partial charge in [0.2, 0.25) is 0 Å². The summed E-state index contributed by atoms with van der Waals surface area (Å²) < 4.78 is 2.16. The molecule has 1 saturated carbocycles. The molecule has 1 fully saturated rings. The maximum absolute atomic E-state index is 11.9. The third-order valence-corrected chi connectivity index (χ3v) is 4.99. The number of aromatic nitrogens is 1. The van der Waals surface area contributed by atoms with E-state index in [-0.39, 0.29) is 0 Å². The summed E-state index contributed by atoms with van der Waals surface area (Å²) in [7, 11) is 0. The van der Waals surface area contributed by atoms with Gasteiger partial charge in [-0.1, -0.05) is 24.3 Å². The van der Waals surface area contributed by atoms with Gasteiger partial charge in [0.25, 0.3) is 0 Å². The van der Waals surface area contributed by atoms with Crippen molar-refractivity contribution >= 4 is 11.5 Å². The highest BCUT2D eigenvalue weighted by Gasteiger charge is 2.34. The molecular formula is C19H19NO3. The minimum Gasteiger partial charge on any atom is -0.478 e. The fourth-order valence-electron chi connectivity index (χ4n) is 3.88. The van der Waals surface area contributed by atoms with Crippen LogP contribution in [0.25, 0.3) is 5.57 Å². The molecule has 1 aromatic carbocycles. The summed E-state index contributed by atoms with van der Waals surface area (Å²) >= 11 is 0. The molecule has 2 aromatic rings. The Morgan fingerprint density at radius 2 is 1.87 bits per heavy atom. The van der Waals surface area contributed by atoms with Crippen LogP contribution in [-0.4, -0.2) is 20.7 Å². The Hall–Kier alpha value is -2.33. The molecule has 0 bridgehead atoms. The molecule has 0 radical (unpaired) electrons. The van der Waals surface area contributed by atoms with Gasteiger partial charge in [0, 0.05) is 23.0 Å². The average molecular weight is 309 g/mol. The van der Waals surface area contributed by atoms with Gasteiger partial charge in [-0.2, -0.15) is 0 Å². The zero-order valence-corrected chi connectivity index (χ0v) is 13.2. The number of carbonyl (C=O) groups is 1. The van der Waals surface area contributed by atoms with Gasteiger partial charge in [-0.05, 0) is 49.5 Å². The van der Waals surface area contributed by atoms with E-state index < -0.39 is 12.1 Å². The smallest absolute Gasteiger partial charge is 0.338 e. The lowest BCUT2D eigenvalue weighted by atomic mass is 9.95. The number of aliphatic hydroxyl groups is 1. The molecule has 4 nitrogen and oxygen atoms in total. The Kier molecular flexibility index (Phi) is 3.00. The van der Waals surface area contributed by atoms with E-state index in [4.69, 9.17) is 0 Å². The molecule has 1 aromatic heterocycles. The van der Waals surface area contributed by atoms with Gasteiger partial charge in [0.1, 0.15) is 0 Å². The molecule has 1 atom stereocenters. The lowest BCUT2D eigenvalue weighted by Crippen LogP contribution is -2.03. The second kappa shape index (κ2) is 4.83. The van der Waals surface area contributed by atoms with Crippen LogP contribution in [0.4, 0.5) is 0 Å². The fraction of sp³-hybridized carbons (Fsp3) is 0.316. The van der Waals surface area contributed by atoms with Crippen molar-refractivity contribution in [2.75, 3.05) is 0 Å². The molecule has 4 heteroatoms. The maximum Gasteiger partial charge on any atom is 0.338 e. The monoisotopic (exact) mass is 309 g/mol. The minimum absolute atomic E-state index is 0.365. The second-order valence-corrected chi connectivity index (χ2v) is 6.44. The summed E-state index contributed by atoms with van der Waals surface area (Å²) in [5, 5.41) is 20.1. The molecule has 0 saturated heterocycles. The Labute approximate surface area is 134 Å². The van der Waals surface area contributed by atoms with Crippen molar-refractivity contribution in [3.8, 4) is 0 Å². The van der Waals surface area contributed by atoms with Gasteiger partial charge in [-0.3, -0.25) is 0 Å². The number of benzene rings is 1. The van der Waals surface area contributed by atoms with Crippen LogP contribution in [0.5, 0.6) is 0 Å². The third kappa shape index (κ3) is 1.98. The predicted octanol–water partition coefficient (Wildman–Crippen LogP) is 3.62. The topological polar surface area (TPSA) is 62.5 Å². The van der Waals surface area contributed by atoms with Crippen molar-refractivity contribution in [3.05, 3.63) is 64.0 Å². The minimum atomic E-state index is -0.903. The zero-order chi connectivity index (χ0) is 16.3. The van der Waals surface area contributed by atoms with E-state index in [9.17, 15) is 15.0 Å². The standard InChI is InChI=1S/C19H19NO3/c1-10-17(15-9-16(21)14-6-4-3-5-13(14)15)18(19(22)23)11(2)20(10)12-7-8-12/h3-6,9,12,16,21H,7-8H2,1-2H3,(H,22,23). The summed E-state index contributed by atoms with van der Waals surface area (Å²) in [6.07, 6.45) is 3.31. The first-order valence-electron chi connectivity index (χ1n) is 7.95. The molecule has 0 aliphatic heterocycles. The van der Waals surface area contributed by atoms with Crippen LogP contribution in [0.2, 0.25) is 0 Å². The molecule has 2 aliphatic carbocycles. The van der Waals surface area contributed by atoms with Gasteiger partial charge in [0.05, 0.1) is 11.7 Å². The van der Waals surface area contributed by atoms with Gasteiger partial charge in [-0.25, -0.2) is 4.79 Å².